The molecule has 2 bridgehead atoms. The number of carbonyl (C=O) groups excluding carboxylic acids is 5. The first kappa shape index (κ1) is 27.0. The first-order valence-corrected chi connectivity index (χ1v) is 13.4. The molecule has 2 unspecified atom stereocenters. The molecule has 1 fully saturated rings. The van der Waals surface area contributed by atoms with E-state index in [-0.39, 0.29) is 36.0 Å². The van der Waals surface area contributed by atoms with Gasteiger partial charge < -0.3 is 20.7 Å². The van der Waals surface area contributed by atoms with Gasteiger partial charge in [-0.05, 0) is 25.3 Å². The third-order valence-electron chi connectivity index (χ3n) is 5.15. The van der Waals surface area contributed by atoms with Crippen LogP contribution in [0.15, 0.2) is 23.9 Å². The van der Waals surface area contributed by atoms with E-state index in [0.717, 1.165) is 5.75 Å². The van der Waals surface area contributed by atoms with Gasteiger partial charge in [0.25, 0.3) is 5.91 Å². The molecule has 2 aliphatic rings. The highest BCUT2D eigenvalue weighted by molar-refractivity contribution is 8.76. The third-order valence-corrected chi connectivity index (χ3v) is 7.60. The van der Waals surface area contributed by atoms with Gasteiger partial charge >= 0.3 is 5.97 Å². The van der Waals surface area contributed by atoms with Crippen molar-refractivity contribution in [2.24, 2.45) is 11.8 Å². The van der Waals surface area contributed by atoms with Crippen molar-refractivity contribution in [3.05, 3.63) is 23.9 Å². The van der Waals surface area contributed by atoms with Gasteiger partial charge in [0.2, 0.25) is 11.8 Å². The maximum atomic E-state index is 13.1. The Balaban J connectivity index is 2.45. The van der Waals surface area contributed by atoms with E-state index in [4.69, 9.17) is 4.74 Å². The Hall–Kier alpha value is -2.27. The van der Waals surface area contributed by atoms with Crippen LogP contribution in [-0.4, -0.2) is 59.7 Å². The second-order valence-corrected chi connectivity index (χ2v) is 10.7. The van der Waals surface area contributed by atoms with Crippen LogP contribution < -0.4 is 16.0 Å². The molecule has 0 aliphatic carbocycles. The molecule has 2 rings (SSSR count). The van der Waals surface area contributed by atoms with Crippen molar-refractivity contribution in [2.75, 3.05) is 18.1 Å². The molecule has 3 amide bonds. The minimum Gasteiger partial charge on any atom is -0.456 e. The van der Waals surface area contributed by atoms with Crippen LogP contribution in [0.3, 0.4) is 0 Å². The molecule has 0 saturated carbocycles. The van der Waals surface area contributed by atoms with Gasteiger partial charge in [-0.2, -0.15) is 0 Å². The lowest BCUT2D eigenvalue weighted by Gasteiger charge is -2.25. The van der Waals surface area contributed by atoms with Crippen molar-refractivity contribution in [1.82, 2.24) is 16.0 Å². The van der Waals surface area contributed by atoms with Gasteiger partial charge in [-0.1, -0.05) is 47.6 Å². The number of esters is 1. The van der Waals surface area contributed by atoms with E-state index in [1.165, 1.54) is 27.7 Å². The van der Waals surface area contributed by atoms with Gasteiger partial charge in [0.1, 0.15) is 30.2 Å². The quantitative estimate of drug-likeness (QED) is 0.215. The van der Waals surface area contributed by atoms with Crippen LogP contribution in [0.2, 0.25) is 0 Å². The molecule has 3 N–H and O–H groups in total. The van der Waals surface area contributed by atoms with Crippen LogP contribution in [0.4, 0.5) is 0 Å². The largest absolute Gasteiger partial charge is 0.456 e. The average molecular weight is 498 g/mol. The van der Waals surface area contributed by atoms with E-state index in [2.05, 4.69) is 16.0 Å². The summed E-state index contributed by atoms with van der Waals surface area (Å²) in [5, 5.41) is 7.73. The predicted octanol–water partition coefficient (Wildman–Crippen LogP) is 1.50. The lowest BCUT2D eigenvalue weighted by atomic mass is 9.88. The average Bonchev–Trinajstić information content (AvgIpc) is 2.76. The van der Waals surface area contributed by atoms with Crippen LogP contribution in [0.25, 0.3) is 0 Å². The fraction of sp³-hybridized carbons (Fsp3) is 0.591. The fourth-order valence-corrected chi connectivity index (χ4v) is 5.43. The van der Waals surface area contributed by atoms with Crippen LogP contribution in [0.5, 0.6) is 0 Å². The lowest BCUT2D eigenvalue weighted by molar-refractivity contribution is -0.148. The zero-order valence-electron chi connectivity index (χ0n) is 19.1. The summed E-state index contributed by atoms with van der Waals surface area (Å²) in [4.78, 5) is 63.6. The first-order chi connectivity index (χ1) is 15.7. The summed E-state index contributed by atoms with van der Waals surface area (Å²) in [6.45, 7) is 4.84. The molecular formula is C22H31N3O6S2. The molecule has 33 heavy (non-hydrogen) atoms. The van der Waals surface area contributed by atoms with Crippen molar-refractivity contribution in [2.45, 2.75) is 52.2 Å². The molecule has 1 saturated heterocycles. The zero-order valence-corrected chi connectivity index (χ0v) is 20.7. The normalized spacial score (nSPS) is 29.0. The minimum atomic E-state index is -0.902. The Bertz CT molecular complexity index is 827. The van der Waals surface area contributed by atoms with Gasteiger partial charge in [-0.15, -0.1) is 0 Å². The summed E-state index contributed by atoms with van der Waals surface area (Å²) in [5.74, 6) is -2.32. The molecule has 0 aromatic rings. The minimum absolute atomic E-state index is 0.0293. The van der Waals surface area contributed by atoms with Gasteiger partial charge in [0.15, 0.2) is 0 Å². The van der Waals surface area contributed by atoms with E-state index >= 15 is 0 Å². The SMILES string of the molecule is C/C=C1\NC(=O)C2CSSCC/C=C/C(CC(=O)C[C@H](C(C)C)C(=O)N2)OC(=O)CNC1=O. The Morgan fingerprint density at radius 3 is 2.55 bits per heavy atom. The van der Waals surface area contributed by atoms with E-state index < -0.39 is 48.3 Å². The van der Waals surface area contributed by atoms with Crippen molar-refractivity contribution >= 4 is 51.1 Å². The first-order valence-electron chi connectivity index (χ1n) is 10.9. The van der Waals surface area contributed by atoms with Crippen molar-refractivity contribution in [3.63, 3.8) is 0 Å². The van der Waals surface area contributed by atoms with Crippen LogP contribution >= 0.6 is 21.6 Å². The summed E-state index contributed by atoms with van der Waals surface area (Å²) in [6.07, 6.45) is 4.73. The third kappa shape index (κ3) is 8.88. The highest BCUT2D eigenvalue weighted by Gasteiger charge is 2.31. The number of allylic oxidation sites excluding steroid dienone is 2. The summed E-state index contributed by atoms with van der Waals surface area (Å²) >= 11 is 0. The second kappa shape index (κ2) is 13.4. The van der Waals surface area contributed by atoms with Crippen LogP contribution in [0.1, 0.15) is 40.0 Å². The number of ether oxygens (including phenoxy) is 1. The van der Waals surface area contributed by atoms with Crippen molar-refractivity contribution < 1.29 is 28.7 Å². The molecule has 9 nitrogen and oxygen atoms in total. The molecule has 0 aromatic heterocycles. The molecule has 3 atom stereocenters. The number of hydrogen-bond acceptors (Lipinski definition) is 8. The van der Waals surface area contributed by atoms with Crippen molar-refractivity contribution in [1.29, 1.82) is 0 Å². The number of rotatable bonds is 1. The maximum absolute atomic E-state index is 13.1. The molecule has 0 spiro atoms. The summed E-state index contributed by atoms with van der Waals surface area (Å²) < 4.78 is 5.42. The Kier molecular flexibility index (Phi) is 11.0. The zero-order chi connectivity index (χ0) is 24.4. The number of Topliss-reactive ketones (excluding diaryl/α,β-unsaturated/α-hetero) is 1. The fourth-order valence-electron chi connectivity index (χ4n) is 3.27. The number of nitrogens with one attached hydrogen (secondary N) is 3. The van der Waals surface area contributed by atoms with E-state index in [1.807, 2.05) is 19.9 Å². The number of amides is 3. The van der Waals surface area contributed by atoms with Crippen LogP contribution in [0, 0.1) is 11.8 Å². The number of carbonyl (C=O) groups is 5. The number of fused-ring (bicyclic) bond motifs is 7. The van der Waals surface area contributed by atoms with Gasteiger partial charge in [0.05, 0.1) is 0 Å². The summed E-state index contributed by atoms with van der Waals surface area (Å²) in [6, 6.07) is -0.902. The highest BCUT2D eigenvalue weighted by atomic mass is 33.1. The Morgan fingerprint density at radius 1 is 1.09 bits per heavy atom. The smallest absolute Gasteiger partial charge is 0.326 e. The summed E-state index contributed by atoms with van der Waals surface area (Å²) in [5.41, 5.74) is -0.0341. The molecule has 11 heteroatoms. The van der Waals surface area contributed by atoms with E-state index in [1.54, 1.807) is 13.0 Å². The maximum Gasteiger partial charge on any atom is 0.326 e. The van der Waals surface area contributed by atoms with Gasteiger partial charge in [-0.25, -0.2) is 0 Å². The topological polar surface area (TPSA) is 131 Å². The standard InChI is InChI=1S/C22H31N3O6S2/c1-4-17-21(29)23-11-19(27)31-15-7-5-6-8-32-33-12-18(22(30)24-17)25-20(28)16(13(2)3)10-14(26)9-15/h4-5,7,13,15-16,18H,6,8-12H2,1-3H3,(H,23,29)(H,24,30)(H,25,28)/b7-5+,17-4-/t15?,16-,18?/m1/s1. The number of ketones is 1. The van der Waals surface area contributed by atoms with E-state index in [0.29, 0.717) is 6.42 Å². The second-order valence-electron chi connectivity index (χ2n) is 8.08. The molecule has 0 aromatic carbocycles. The highest BCUT2D eigenvalue weighted by Crippen LogP contribution is 2.25. The molecule has 0 radical (unpaired) electrons. The molecule has 182 valence electrons. The lowest BCUT2D eigenvalue weighted by Crippen LogP contribution is -2.51. The Labute approximate surface area is 201 Å². The monoisotopic (exact) mass is 497 g/mol. The van der Waals surface area contributed by atoms with Crippen LogP contribution in [-0.2, 0) is 28.7 Å². The molecule has 2 heterocycles. The van der Waals surface area contributed by atoms with Gasteiger partial charge in [0, 0.05) is 30.3 Å². The van der Waals surface area contributed by atoms with Gasteiger partial charge in [-0.3, -0.25) is 24.0 Å². The summed E-state index contributed by atoms with van der Waals surface area (Å²) in [7, 11) is 2.98. The van der Waals surface area contributed by atoms with E-state index in [9.17, 15) is 24.0 Å². The predicted molar refractivity (Wildman–Crippen MR) is 128 cm³/mol. The molecule has 2 aliphatic heterocycles. The molecular weight excluding hydrogens is 466 g/mol. The number of hydrogen-bond donors (Lipinski definition) is 3. The van der Waals surface area contributed by atoms with Crippen molar-refractivity contribution in [3.8, 4) is 0 Å². The Morgan fingerprint density at radius 2 is 1.85 bits per heavy atom.